The van der Waals surface area contributed by atoms with Crippen LogP contribution in [0.1, 0.15) is 20.3 Å². The van der Waals surface area contributed by atoms with E-state index in [9.17, 15) is 0 Å². The Labute approximate surface area is 85.3 Å². The molecule has 0 fully saturated rings. The Morgan fingerprint density at radius 2 is 2.07 bits per heavy atom. The van der Waals surface area contributed by atoms with E-state index in [4.69, 9.17) is 14.2 Å². The number of hydrogen-bond donors (Lipinski definition) is 0. The molecule has 1 aliphatic carbocycles. The van der Waals surface area contributed by atoms with Gasteiger partial charge in [-0.3, -0.25) is 0 Å². The van der Waals surface area contributed by atoms with Gasteiger partial charge in [0.05, 0.1) is 20.3 Å². The number of methoxy groups -OCH3 is 2. The second-order valence-electron chi connectivity index (χ2n) is 3.19. The fourth-order valence-corrected chi connectivity index (χ4v) is 1.54. The molecule has 0 saturated carbocycles. The minimum atomic E-state index is 0.137. The highest BCUT2D eigenvalue weighted by Crippen LogP contribution is 2.29. The quantitative estimate of drug-likeness (QED) is 0.678. The van der Waals surface area contributed by atoms with Crippen molar-refractivity contribution in [2.45, 2.75) is 26.4 Å². The molecule has 0 bridgehead atoms. The zero-order valence-corrected chi connectivity index (χ0v) is 9.29. The number of rotatable bonds is 5. The second-order valence-corrected chi connectivity index (χ2v) is 3.19. The molecule has 1 atom stereocenters. The maximum absolute atomic E-state index is 5.51. The summed E-state index contributed by atoms with van der Waals surface area (Å²) in [6.45, 7) is 4.76. The van der Waals surface area contributed by atoms with Gasteiger partial charge < -0.3 is 14.2 Å². The molecule has 14 heavy (non-hydrogen) atoms. The molecule has 0 aromatic rings. The summed E-state index contributed by atoms with van der Waals surface area (Å²) in [5, 5.41) is 0. The third kappa shape index (κ3) is 2.29. The molecule has 0 aromatic carbocycles. The van der Waals surface area contributed by atoms with E-state index in [1.165, 1.54) is 5.57 Å². The van der Waals surface area contributed by atoms with Crippen LogP contribution < -0.4 is 0 Å². The summed E-state index contributed by atoms with van der Waals surface area (Å²) < 4.78 is 15.9. The van der Waals surface area contributed by atoms with Crippen molar-refractivity contribution in [2.75, 3.05) is 20.8 Å². The van der Waals surface area contributed by atoms with E-state index in [2.05, 4.69) is 0 Å². The Morgan fingerprint density at radius 1 is 1.36 bits per heavy atom. The van der Waals surface area contributed by atoms with Crippen molar-refractivity contribution in [2.24, 2.45) is 0 Å². The molecule has 0 aromatic heterocycles. The lowest BCUT2D eigenvalue weighted by Gasteiger charge is -2.12. The zero-order valence-electron chi connectivity index (χ0n) is 9.29. The van der Waals surface area contributed by atoms with E-state index in [1.807, 2.05) is 19.9 Å². The lowest BCUT2D eigenvalue weighted by atomic mass is 10.1. The van der Waals surface area contributed by atoms with E-state index < -0.39 is 0 Å². The average Bonchev–Trinajstić information content (AvgIpc) is 2.61. The van der Waals surface area contributed by atoms with Crippen LogP contribution in [0.25, 0.3) is 0 Å². The van der Waals surface area contributed by atoms with Crippen LogP contribution in [-0.4, -0.2) is 26.9 Å². The van der Waals surface area contributed by atoms with Crippen LogP contribution in [0.2, 0.25) is 0 Å². The lowest BCUT2D eigenvalue weighted by molar-refractivity contribution is 0.0987. The Kier molecular flexibility index (Phi) is 4.01. The summed E-state index contributed by atoms with van der Waals surface area (Å²) in [6, 6.07) is 0. The Hall–Kier alpha value is -0.960. The average molecular weight is 198 g/mol. The molecule has 0 aliphatic heterocycles. The molecule has 0 amide bonds. The predicted molar refractivity (Wildman–Crippen MR) is 54.8 cm³/mol. The van der Waals surface area contributed by atoms with E-state index in [0.717, 1.165) is 24.5 Å². The smallest absolute Gasteiger partial charge is 0.156 e. The van der Waals surface area contributed by atoms with Crippen molar-refractivity contribution in [3.8, 4) is 0 Å². The fraction of sp³-hybridized carbons (Fsp3) is 0.636. The first-order valence-electron chi connectivity index (χ1n) is 4.86. The van der Waals surface area contributed by atoms with Gasteiger partial charge in [-0.05, 0) is 25.5 Å². The molecular weight excluding hydrogens is 180 g/mol. The fourth-order valence-electron chi connectivity index (χ4n) is 1.54. The van der Waals surface area contributed by atoms with Crippen molar-refractivity contribution in [1.29, 1.82) is 0 Å². The van der Waals surface area contributed by atoms with E-state index in [-0.39, 0.29) is 6.10 Å². The highest BCUT2D eigenvalue weighted by Gasteiger charge is 2.21. The van der Waals surface area contributed by atoms with Crippen LogP contribution >= 0.6 is 0 Å². The SMILES string of the molecule is CCO[C@H](C)C1=CC(OC)=C(OC)C1. The Morgan fingerprint density at radius 3 is 2.50 bits per heavy atom. The first kappa shape index (κ1) is 11.1. The van der Waals surface area contributed by atoms with Gasteiger partial charge in [0.1, 0.15) is 5.76 Å². The van der Waals surface area contributed by atoms with Crippen molar-refractivity contribution in [1.82, 2.24) is 0 Å². The molecular formula is C11H18O3. The van der Waals surface area contributed by atoms with Crippen molar-refractivity contribution < 1.29 is 14.2 Å². The van der Waals surface area contributed by atoms with Gasteiger partial charge in [-0.1, -0.05) is 0 Å². The Balaban J connectivity index is 2.63. The molecule has 1 aliphatic rings. The summed E-state index contributed by atoms with van der Waals surface area (Å²) in [7, 11) is 3.32. The minimum Gasteiger partial charge on any atom is -0.497 e. The van der Waals surface area contributed by atoms with Gasteiger partial charge in [0.25, 0.3) is 0 Å². The summed E-state index contributed by atoms with van der Waals surface area (Å²) in [5.74, 6) is 1.70. The van der Waals surface area contributed by atoms with Gasteiger partial charge in [0.15, 0.2) is 5.76 Å². The highest BCUT2D eigenvalue weighted by molar-refractivity contribution is 5.34. The number of ether oxygens (including phenoxy) is 3. The maximum Gasteiger partial charge on any atom is 0.156 e. The van der Waals surface area contributed by atoms with E-state index in [0.29, 0.717) is 0 Å². The summed E-state index contributed by atoms with van der Waals surface area (Å²) in [5.41, 5.74) is 1.21. The molecule has 1 rings (SSSR count). The topological polar surface area (TPSA) is 27.7 Å². The maximum atomic E-state index is 5.51. The van der Waals surface area contributed by atoms with Crippen LogP contribution in [0.15, 0.2) is 23.2 Å². The molecule has 0 spiro atoms. The Bertz CT molecular complexity index is 253. The predicted octanol–water partition coefficient (Wildman–Crippen LogP) is 2.25. The standard InChI is InChI=1S/C11H18O3/c1-5-14-8(2)9-6-10(12-3)11(7-9)13-4/h6,8H,5,7H2,1-4H3/t8-/m1/s1. The molecule has 0 saturated heterocycles. The van der Waals surface area contributed by atoms with Crippen LogP contribution in [0, 0.1) is 0 Å². The van der Waals surface area contributed by atoms with Crippen LogP contribution in [-0.2, 0) is 14.2 Å². The molecule has 0 heterocycles. The molecule has 3 heteroatoms. The first-order chi connectivity index (χ1) is 6.72. The van der Waals surface area contributed by atoms with Crippen LogP contribution in [0.3, 0.4) is 0 Å². The minimum absolute atomic E-state index is 0.137. The molecule has 0 N–H and O–H groups in total. The molecule has 80 valence electrons. The molecule has 0 radical (unpaired) electrons. The summed E-state index contributed by atoms with van der Waals surface area (Å²) in [4.78, 5) is 0. The van der Waals surface area contributed by atoms with Crippen LogP contribution in [0.4, 0.5) is 0 Å². The van der Waals surface area contributed by atoms with Gasteiger partial charge >= 0.3 is 0 Å². The van der Waals surface area contributed by atoms with E-state index >= 15 is 0 Å². The van der Waals surface area contributed by atoms with Gasteiger partial charge in [-0.15, -0.1) is 0 Å². The monoisotopic (exact) mass is 198 g/mol. The number of hydrogen-bond acceptors (Lipinski definition) is 3. The van der Waals surface area contributed by atoms with Gasteiger partial charge in [-0.25, -0.2) is 0 Å². The number of allylic oxidation sites excluding steroid dienone is 2. The highest BCUT2D eigenvalue weighted by atomic mass is 16.5. The third-order valence-corrected chi connectivity index (χ3v) is 2.36. The zero-order chi connectivity index (χ0) is 10.6. The van der Waals surface area contributed by atoms with Crippen molar-refractivity contribution in [3.63, 3.8) is 0 Å². The second kappa shape index (κ2) is 5.05. The summed E-state index contributed by atoms with van der Waals surface area (Å²) >= 11 is 0. The van der Waals surface area contributed by atoms with E-state index in [1.54, 1.807) is 14.2 Å². The normalized spacial score (nSPS) is 18.1. The van der Waals surface area contributed by atoms with Crippen molar-refractivity contribution >= 4 is 0 Å². The van der Waals surface area contributed by atoms with Gasteiger partial charge in [0.2, 0.25) is 0 Å². The first-order valence-corrected chi connectivity index (χ1v) is 4.86. The third-order valence-electron chi connectivity index (χ3n) is 2.36. The lowest BCUT2D eigenvalue weighted by Crippen LogP contribution is -2.10. The van der Waals surface area contributed by atoms with Crippen LogP contribution in [0.5, 0.6) is 0 Å². The molecule has 0 unspecified atom stereocenters. The van der Waals surface area contributed by atoms with Crippen molar-refractivity contribution in [3.05, 3.63) is 23.2 Å². The van der Waals surface area contributed by atoms with Gasteiger partial charge in [-0.2, -0.15) is 0 Å². The molecule has 3 nitrogen and oxygen atoms in total. The largest absolute Gasteiger partial charge is 0.497 e. The summed E-state index contributed by atoms with van der Waals surface area (Å²) in [6.07, 6.45) is 2.93. The van der Waals surface area contributed by atoms with Gasteiger partial charge in [0, 0.05) is 13.0 Å².